The van der Waals surface area contributed by atoms with E-state index in [1.54, 1.807) is 0 Å². The lowest BCUT2D eigenvalue weighted by atomic mass is 9.82. The van der Waals surface area contributed by atoms with Crippen molar-refractivity contribution in [3.63, 3.8) is 0 Å². The monoisotopic (exact) mass is 855 g/mol. The van der Waals surface area contributed by atoms with Crippen molar-refractivity contribution in [3.8, 4) is 0 Å². The Morgan fingerprint density at radius 1 is 0.373 bits per heavy atom. The van der Waals surface area contributed by atoms with Crippen molar-refractivity contribution >= 4 is 0 Å². The van der Waals surface area contributed by atoms with Crippen molar-refractivity contribution in [2.24, 2.45) is 76.4 Å². The lowest BCUT2D eigenvalue weighted by Gasteiger charge is -2.26. The van der Waals surface area contributed by atoms with Gasteiger partial charge in [0.05, 0.1) is 0 Å². The average molecular weight is 856 g/mol. The van der Waals surface area contributed by atoms with Crippen molar-refractivity contribution in [2.45, 2.75) is 289 Å². The fourth-order valence-corrected chi connectivity index (χ4v) is 7.01. The first kappa shape index (κ1) is 89.8. The summed E-state index contributed by atoms with van der Waals surface area (Å²) in [6, 6.07) is 2.54. The number of aliphatic hydroxyl groups excluding tert-OH is 1. The summed E-state index contributed by atoms with van der Waals surface area (Å²) < 4.78 is 0. The highest BCUT2D eigenvalue weighted by Crippen LogP contribution is 2.57. The van der Waals surface area contributed by atoms with Gasteiger partial charge in [-0.2, -0.15) is 0 Å². The summed E-state index contributed by atoms with van der Waals surface area (Å²) in [6.45, 7) is 61.1. The molecule has 0 bridgehead atoms. The molecule has 3 N–H and O–H groups in total. The van der Waals surface area contributed by atoms with Crippen molar-refractivity contribution < 1.29 is 5.11 Å². The molecule has 0 saturated heterocycles. The minimum atomic E-state index is 0. The summed E-state index contributed by atoms with van der Waals surface area (Å²) >= 11 is 0. The van der Waals surface area contributed by atoms with E-state index in [1.165, 1.54) is 25.7 Å². The minimum Gasteiger partial charge on any atom is -0.396 e. The quantitative estimate of drug-likeness (QED) is 0.145. The first-order chi connectivity index (χ1) is 23.4. The second kappa shape index (κ2) is 50.5. The largest absolute Gasteiger partial charge is 0.396 e. The van der Waals surface area contributed by atoms with Crippen LogP contribution in [-0.4, -0.2) is 35.9 Å². The van der Waals surface area contributed by atoms with E-state index in [1.807, 2.05) is 0 Å². The Labute approximate surface area is 386 Å². The van der Waals surface area contributed by atoms with Gasteiger partial charge in [0.2, 0.25) is 0 Å². The molecule has 1 saturated carbocycles. The van der Waals surface area contributed by atoms with Gasteiger partial charge in [-0.1, -0.05) is 239 Å². The number of aliphatic hydroxyl groups is 1. The topological polar surface area (TPSA) is 44.3 Å². The van der Waals surface area contributed by atoms with Crippen LogP contribution in [0.15, 0.2) is 0 Å². The van der Waals surface area contributed by atoms with Crippen LogP contribution in [0.4, 0.5) is 0 Å². The molecular formula is C56H138N2O. The van der Waals surface area contributed by atoms with Gasteiger partial charge >= 0.3 is 0 Å². The third-order valence-electron chi connectivity index (χ3n) is 10.8. The first-order valence-corrected chi connectivity index (χ1v) is 22.6. The summed E-state index contributed by atoms with van der Waals surface area (Å²) in [6.07, 6.45) is 5.60. The molecule has 0 radical (unpaired) electrons. The van der Waals surface area contributed by atoms with Crippen molar-refractivity contribution in [3.05, 3.63) is 0 Å². The van der Waals surface area contributed by atoms with Crippen LogP contribution in [0.25, 0.3) is 0 Å². The number of hydrogen-bond donors (Lipinski definition) is 3. The Morgan fingerprint density at radius 3 is 0.695 bits per heavy atom. The van der Waals surface area contributed by atoms with Crippen LogP contribution >= 0.6 is 0 Å². The third kappa shape index (κ3) is 60.0. The van der Waals surface area contributed by atoms with Crippen LogP contribution in [0.2, 0.25) is 0 Å². The van der Waals surface area contributed by atoms with Crippen molar-refractivity contribution in [1.82, 2.24) is 10.6 Å². The first-order valence-electron chi connectivity index (χ1n) is 22.6. The molecule has 0 aromatic heterocycles. The van der Waals surface area contributed by atoms with E-state index < -0.39 is 0 Å². The van der Waals surface area contributed by atoms with Crippen LogP contribution < -0.4 is 10.6 Å². The molecule has 1 atom stereocenters. The molecule has 59 heavy (non-hydrogen) atoms. The van der Waals surface area contributed by atoms with Gasteiger partial charge in [0.25, 0.3) is 0 Å². The number of hydrogen-bond acceptors (Lipinski definition) is 3. The van der Waals surface area contributed by atoms with E-state index in [0.29, 0.717) is 48.5 Å². The van der Waals surface area contributed by atoms with E-state index in [4.69, 9.17) is 5.11 Å². The van der Waals surface area contributed by atoms with Gasteiger partial charge in [0, 0.05) is 30.8 Å². The second-order valence-electron chi connectivity index (χ2n) is 21.0. The van der Waals surface area contributed by atoms with E-state index in [-0.39, 0.29) is 52.0 Å². The van der Waals surface area contributed by atoms with Gasteiger partial charge in [-0.3, -0.25) is 0 Å². The molecule has 0 aromatic rings. The molecule has 378 valence electrons. The SMILES string of the molecule is C.C.C.C.C.C.C.CC(C)C(C)C(C)C.CC(C)C(CO)C(C)C.CC(C)C1(C(C)C)CC1.CC(C)CC(C)C.CC(C)CC(NC(C)C)C(C)C.CC(C)NC(C)C. The predicted octanol–water partition coefficient (Wildman–Crippen LogP) is 19.5. The van der Waals surface area contributed by atoms with Crippen molar-refractivity contribution in [1.29, 1.82) is 0 Å². The normalized spacial score (nSPS) is 12.7. The second-order valence-corrected chi connectivity index (χ2v) is 21.0. The Kier molecular flexibility index (Phi) is 76.9. The zero-order valence-corrected chi connectivity index (χ0v) is 41.7. The molecule has 1 fully saturated rings. The number of rotatable bonds is 16. The Balaban J connectivity index is -0.0000000443. The van der Waals surface area contributed by atoms with E-state index in [0.717, 1.165) is 58.7 Å². The molecule has 1 rings (SSSR count). The molecular weight excluding hydrogens is 717 g/mol. The minimum absolute atomic E-state index is 0. The van der Waals surface area contributed by atoms with Gasteiger partial charge in [-0.15, -0.1) is 0 Å². The van der Waals surface area contributed by atoms with Crippen LogP contribution in [-0.2, 0) is 0 Å². The summed E-state index contributed by atoms with van der Waals surface area (Å²) in [7, 11) is 0. The fraction of sp³-hybridized carbons (Fsp3) is 1.00. The Hall–Kier alpha value is -0.120. The van der Waals surface area contributed by atoms with E-state index in [2.05, 4.69) is 198 Å². The standard InChI is InChI=1S/C11H25N.C9H18.C8H18O.C8H18.C7H16.C6H15N.7CH4/c1-8(2)7-11(9(3)4)12-10(5)6;1-7(2)9(5-6-9)8(3)4;1-6(2)8(5-9)7(3)4;1-6(2)8(5)7(3)4;1-6(2)5-7(3)4;1-5(2)7-6(3)4;;;;;;;/h8-12H,7H2,1-6H3;7-8H,5-6H2,1-4H3;6-9H,5H2,1-4H3;6-8H,1-5H3;6-7H,5H2,1-4H3;5-7H,1-4H3;7*1H4. The summed E-state index contributed by atoms with van der Waals surface area (Å²) in [5, 5.41) is 15.8. The van der Waals surface area contributed by atoms with Gasteiger partial charge in [-0.05, 0) is 102 Å². The van der Waals surface area contributed by atoms with Crippen LogP contribution in [0.5, 0.6) is 0 Å². The maximum atomic E-state index is 8.87. The van der Waals surface area contributed by atoms with E-state index in [9.17, 15) is 0 Å². The average Bonchev–Trinajstić information content (AvgIpc) is 3.75. The smallest absolute Gasteiger partial charge is 0.0464 e. The lowest BCUT2D eigenvalue weighted by molar-refractivity contribution is 0.150. The highest BCUT2D eigenvalue weighted by atomic mass is 16.3. The molecule has 0 amide bonds. The van der Waals surface area contributed by atoms with E-state index >= 15 is 0 Å². The van der Waals surface area contributed by atoms with Gasteiger partial charge in [-0.25, -0.2) is 0 Å². The zero-order chi connectivity index (χ0) is 42.7. The Morgan fingerprint density at radius 2 is 0.644 bits per heavy atom. The third-order valence-corrected chi connectivity index (χ3v) is 10.8. The molecule has 1 unspecified atom stereocenters. The lowest BCUT2D eigenvalue weighted by Crippen LogP contribution is -2.39. The summed E-state index contributed by atoms with van der Waals surface area (Å²) in [5.74, 6) is 9.34. The predicted molar refractivity (Wildman–Crippen MR) is 292 cm³/mol. The highest BCUT2D eigenvalue weighted by molar-refractivity contribution is 4.97. The molecule has 3 heteroatoms. The highest BCUT2D eigenvalue weighted by Gasteiger charge is 2.47. The van der Waals surface area contributed by atoms with Crippen molar-refractivity contribution in [2.75, 3.05) is 6.61 Å². The Bertz CT molecular complexity index is 649. The molecule has 0 spiro atoms. The fourth-order valence-electron chi connectivity index (χ4n) is 7.01. The zero-order valence-electron chi connectivity index (χ0n) is 41.7. The van der Waals surface area contributed by atoms with Crippen LogP contribution in [0, 0.1) is 76.4 Å². The van der Waals surface area contributed by atoms with Gasteiger partial charge in [0.1, 0.15) is 0 Å². The van der Waals surface area contributed by atoms with Crippen LogP contribution in [0.1, 0.15) is 265 Å². The van der Waals surface area contributed by atoms with Gasteiger partial charge < -0.3 is 15.7 Å². The molecule has 0 aromatic carbocycles. The molecule has 0 heterocycles. The summed E-state index contributed by atoms with van der Waals surface area (Å²) in [5.41, 5.74) is 0.750. The molecule has 3 nitrogen and oxygen atoms in total. The molecule has 0 aliphatic heterocycles. The van der Waals surface area contributed by atoms with Gasteiger partial charge in [0.15, 0.2) is 0 Å². The number of nitrogens with one attached hydrogen (secondary N) is 2. The molecule has 1 aliphatic rings. The van der Waals surface area contributed by atoms with Crippen LogP contribution in [0.3, 0.4) is 0 Å². The maximum Gasteiger partial charge on any atom is 0.0464 e. The molecule has 1 aliphatic carbocycles. The summed E-state index contributed by atoms with van der Waals surface area (Å²) in [4.78, 5) is 0. The maximum absolute atomic E-state index is 8.87.